The summed E-state index contributed by atoms with van der Waals surface area (Å²) in [6.07, 6.45) is 2.35. The first-order valence-electron chi connectivity index (χ1n) is 11.7. The van der Waals surface area contributed by atoms with Gasteiger partial charge in [-0.2, -0.15) is 0 Å². The van der Waals surface area contributed by atoms with Gasteiger partial charge in [0.25, 0.3) is 0 Å². The largest absolute Gasteiger partial charge is 0.381 e. The third-order valence-corrected chi connectivity index (χ3v) is 5.72. The Morgan fingerprint density at radius 3 is 2.35 bits per heavy atom. The molecule has 2 aliphatic rings. The van der Waals surface area contributed by atoms with Crippen LogP contribution in [0.4, 0.5) is 0 Å². The van der Waals surface area contributed by atoms with E-state index in [-0.39, 0.29) is 24.0 Å². The van der Waals surface area contributed by atoms with E-state index in [2.05, 4.69) is 60.2 Å². The molecule has 0 radical (unpaired) electrons. The molecule has 6 nitrogen and oxygen atoms in total. The van der Waals surface area contributed by atoms with Crippen LogP contribution >= 0.6 is 24.0 Å². The van der Waals surface area contributed by atoms with Crippen molar-refractivity contribution in [1.29, 1.82) is 0 Å². The SMILES string of the molecule is CCNC(=NCc1ccc(COC2CCOCC2)cc1)N1CCN(CC(C)C)CC1.I. The molecule has 0 aliphatic carbocycles. The molecule has 0 unspecified atom stereocenters. The molecule has 0 aromatic heterocycles. The quantitative estimate of drug-likeness (QED) is 0.307. The molecule has 0 saturated carbocycles. The normalized spacial score (nSPS) is 18.8. The summed E-state index contributed by atoms with van der Waals surface area (Å²) in [7, 11) is 0. The molecule has 1 N–H and O–H groups in total. The highest BCUT2D eigenvalue weighted by molar-refractivity contribution is 14.0. The highest BCUT2D eigenvalue weighted by Gasteiger charge is 2.20. The second-order valence-electron chi connectivity index (χ2n) is 8.79. The fourth-order valence-corrected chi connectivity index (χ4v) is 4.05. The van der Waals surface area contributed by atoms with Crippen LogP contribution in [0.3, 0.4) is 0 Å². The molecule has 0 bridgehead atoms. The number of guanidine groups is 1. The van der Waals surface area contributed by atoms with Gasteiger partial charge in [0.1, 0.15) is 0 Å². The Morgan fingerprint density at radius 2 is 1.74 bits per heavy atom. The number of hydrogen-bond donors (Lipinski definition) is 1. The smallest absolute Gasteiger partial charge is 0.194 e. The Balaban J connectivity index is 0.00000341. The van der Waals surface area contributed by atoms with Gasteiger partial charge in [-0.3, -0.25) is 4.90 Å². The number of halogens is 1. The summed E-state index contributed by atoms with van der Waals surface area (Å²) < 4.78 is 11.4. The van der Waals surface area contributed by atoms with Crippen LogP contribution in [0, 0.1) is 5.92 Å². The first-order chi connectivity index (χ1) is 14.6. The van der Waals surface area contributed by atoms with Gasteiger partial charge in [0.2, 0.25) is 0 Å². The number of piperazine rings is 1. The molecular weight excluding hydrogens is 503 g/mol. The van der Waals surface area contributed by atoms with Gasteiger partial charge in [0, 0.05) is 52.5 Å². The van der Waals surface area contributed by atoms with Crippen molar-refractivity contribution in [2.24, 2.45) is 10.9 Å². The maximum atomic E-state index is 6.02. The van der Waals surface area contributed by atoms with Crippen molar-refractivity contribution >= 4 is 29.9 Å². The molecular formula is C24H41IN4O2. The lowest BCUT2D eigenvalue weighted by Crippen LogP contribution is -2.53. The van der Waals surface area contributed by atoms with Crippen LogP contribution in [0.5, 0.6) is 0 Å². The number of aliphatic imine (C=N–C) groups is 1. The predicted octanol–water partition coefficient (Wildman–Crippen LogP) is 3.74. The van der Waals surface area contributed by atoms with Gasteiger partial charge >= 0.3 is 0 Å². The molecule has 3 rings (SSSR count). The summed E-state index contributed by atoms with van der Waals surface area (Å²) in [6, 6.07) is 8.69. The summed E-state index contributed by atoms with van der Waals surface area (Å²) in [5.41, 5.74) is 2.46. The molecule has 2 aliphatic heterocycles. The summed E-state index contributed by atoms with van der Waals surface area (Å²) in [5.74, 6) is 1.76. The zero-order chi connectivity index (χ0) is 21.2. The van der Waals surface area contributed by atoms with E-state index in [0.29, 0.717) is 19.3 Å². The molecule has 2 saturated heterocycles. The van der Waals surface area contributed by atoms with E-state index >= 15 is 0 Å². The Bertz CT molecular complexity index is 639. The van der Waals surface area contributed by atoms with Crippen LogP contribution < -0.4 is 5.32 Å². The fraction of sp³-hybridized carbons (Fsp3) is 0.708. The van der Waals surface area contributed by atoms with E-state index in [1.807, 2.05) is 0 Å². The minimum Gasteiger partial charge on any atom is -0.381 e. The fourth-order valence-electron chi connectivity index (χ4n) is 4.05. The number of rotatable bonds is 8. The van der Waals surface area contributed by atoms with Crippen LogP contribution in [0.1, 0.15) is 44.7 Å². The van der Waals surface area contributed by atoms with Crippen molar-refractivity contribution in [2.45, 2.75) is 52.9 Å². The second-order valence-corrected chi connectivity index (χ2v) is 8.79. The topological polar surface area (TPSA) is 49.3 Å². The van der Waals surface area contributed by atoms with Crippen molar-refractivity contribution in [1.82, 2.24) is 15.1 Å². The lowest BCUT2D eigenvalue weighted by molar-refractivity contribution is -0.0390. The Morgan fingerprint density at radius 1 is 1.10 bits per heavy atom. The molecule has 7 heteroatoms. The average molecular weight is 545 g/mol. The average Bonchev–Trinajstić information content (AvgIpc) is 2.77. The van der Waals surface area contributed by atoms with Gasteiger partial charge in [-0.25, -0.2) is 4.99 Å². The van der Waals surface area contributed by atoms with Crippen molar-refractivity contribution in [3.05, 3.63) is 35.4 Å². The van der Waals surface area contributed by atoms with Crippen LogP contribution in [-0.2, 0) is 22.6 Å². The number of nitrogens with zero attached hydrogens (tertiary/aromatic N) is 3. The van der Waals surface area contributed by atoms with Gasteiger partial charge in [0.05, 0.1) is 19.3 Å². The third kappa shape index (κ3) is 9.24. The predicted molar refractivity (Wildman–Crippen MR) is 138 cm³/mol. The van der Waals surface area contributed by atoms with E-state index in [1.165, 1.54) is 17.7 Å². The summed E-state index contributed by atoms with van der Waals surface area (Å²) in [6.45, 7) is 16.1. The van der Waals surface area contributed by atoms with Gasteiger partial charge in [-0.05, 0) is 36.8 Å². The molecule has 31 heavy (non-hydrogen) atoms. The van der Waals surface area contributed by atoms with Crippen molar-refractivity contribution in [3.63, 3.8) is 0 Å². The first kappa shape index (κ1) is 26.4. The van der Waals surface area contributed by atoms with E-state index in [4.69, 9.17) is 14.5 Å². The van der Waals surface area contributed by atoms with E-state index in [1.54, 1.807) is 0 Å². The third-order valence-electron chi connectivity index (χ3n) is 5.72. The van der Waals surface area contributed by atoms with Gasteiger partial charge < -0.3 is 19.7 Å². The minimum absolute atomic E-state index is 0. The van der Waals surface area contributed by atoms with Gasteiger partial charge in [-0.1, -0.05) is 38.1 Å². The summed E-state index contributed by atoms with van der Waals surface area (Å²) >= 11 is 0. The summed E-state index contributed by atoms with van der Waals surface area (Å²) in [4.78, 5) is 9.87. The first-order valence-corrected chi connectivity index (χ1v) is 11.7. The van der Waals surface area contributed by atoms with E-state index in [9.17, 15) is 0 Å². The lowest BCUT2D eigenvalue weighted by Gasteiger charge is -2.37. The van der Waals surface area contributed by atoms with Gasteiger partial charge in [-0.15, -0.1) is 24.0 Å². The zero-order valence-corrected chi connectivity index (χ0v) is 21.8. The molecule has 176 valence electrons. The highest BCUT2D eigenvalue weighted by Crippen LogP contribution is 2.14. The van der Waals surface area contributed by atoms with Crippen molar-refractivity contribution < 1.29 is 9.47 Å². The molecule has 1 aromatic carbocycles. The monoisotopic (exact) mass is 544 g/mol. The van der Waals surface area contributed by atoms with Crippen molar-refractivity contribution in [2.75, 3.05) is 52.5 Å². The Labute approximate surface area is 205 Å². The lowest BCUT2D eigenvalue weighted by atomic mass is 10.1. The number of ether oxygens (including phenoxy) is 2. The number of benzene rings is 1. The maximum Gasteiger partial charge on any atom is 0.194 e. The van der Waals surface area contributed by atoms with Crippen LogP contribution in [-0.4, -0.2) is 74.3 Å². The standard InChI is InChI=1S/C24H40N4O2.HI/c1-4-25-24(28-13-11-27(12-14-28)18-20(2)3)26-17-21-5-7-22(8-6-21)19-30-23-9-15-29-16-10-23;/h5-8,20,23H,4,9-19H2,1-3H3,(H,25,26);1H. The summed E-state index contributed by atoms with van der Waals surface area (Å²) in [5, 5.41) is 3.47. The number of hydrogen-bond acceptors (Lipinski definition) is 4. The highest BCUT2D eigenvalue weighted by atomic mass is 127. The van der Waals surface area contributed by atoms with E-state index < -0.39 is 0 Å². The second kappa shape index (κ2) is 14.3. The van der Waals surface area contributed by atoms with Gasteiger partial charge in [0.15, 0.2) is 5.96 Å². The van der Waals surface area contributed by atoms with Crippen LogP contribution in [0.25, 0.3) is 0 Å². The molecule has 0 amide bonds. The molecule has 0 atom stereocenters. The Kier molecular flexibility index (Phi) is 12.1. The molecule has 0 spiro atoms. The Hall–Kier alpha value is -0.900. The maximum absolute atomic E-state index is 6.02. The number of nitrogens with one attached hydrogen (secondary N) is 1. The minimum atomic E-state index is 0. The van der Waals surface area contributed by atoms with Crippen LogP contribution in [0.15, 0.2) is 29.3 Å². The van der Waals surface area contributed by atoms with Crippen molar-refractivity contribution in [3.8, 4) is 0 Å². The zero-order valence-electron chi connectivity index (χ0n) is 19.5. The molecule has 2 fully saturated rings. The van der Waals surface area contributed by atoms with Crippen LogP contribution in [0.2, 0.25) is 0 Å². The molecule has 1 aromatic rings. The molecule has 2 heterocycles. The van der Waals surface area contributed by atoms with E-state index in [0.717, 1.165) is 70.7 Å².